The summed E-state index contributed by atoms with van der Waals surface area (Å²) in [6.07, 6.45) is -0.365. The molecule has 0 saturated carbocycles. The number of carbonyl (C=O) groups is 1. The van der Waals surface area contributed by atoms with E-state index in [0.29, 0.717) is 24.2 Å². The second-order valence-electron chi connectivity index (χ2n) is 8.02. The summed E-state index contributed by atoms with van der Waals surface area (Å²) < 4.78 is 47.0. The Morgan fingerprint density at radius 3 is 2.50 bits per heavy atom. The molecule has 2 aromatic rings. The Morgan fingerprint density at radius 2 is 1.89 bits per heavy atom. The monoisotopic (exact) mass is 503 g/mol. The van der Waals surface area contributed by atoms with Crippen LogP contribution in [0.2, 0.25) is 0 Å². The molecule has 3 rings (SSSR count). The van der Waals surface area contributed by atoms with Crippen molar-refractivity contribution in [3.05, 3.63) is 84.1 Å². The fraction of sp³-hybridized carbons (Fsp3) is 0.308. The van der Waals surface area contributed by atoms with Gasteiger partial charge in [0.2, 0.25) is 0 Å². The van der Waals surface area contributed by atoms with E-state index >= 15 is 0 Å². The van der Waals surface area contributed by atoms with E-state index in [-0.39, 0.29) is 18.9 Å². The van der Waals surface area contributed by atoms with Gasteiger partial charge in [-0.3, -0.25) is 0 Å². The lowest BCUT2D eigenvalue weighted by atomic mass is 10.0. The van der Waals surface area contributed by atoms with Gasteiger partial charge >= 0.3 is 12.4 Å². The zero-order valence-electron chi connectivity index (χ0n) is 19.8. The van der Waals surface area contributed by atoms with Crippen molar-refractivity contribution < 1.29 is 32.5 Å². The lowest BCUT2D eigenvalue weighted by molar-refractivity contribution is -0.274. The van der Waals surface area contributed by atoms with E-state index in [4.69, 9.17) is 4.74 Å². The lowest BCUT2D eigenvalue weighted by Gasteiger charge is -2.35. The van der Waals surface area contributed by atoms with E-state index in [2.05, 4.69) is 16.6 Å². The Bertz CT molecular complexity index is 1070. The number of ether oxygens (including phenoxy) is 2. The molecule has 1 aliphatic rings. The van der Waals surface area contributed by atoms with Crippen molar-refractivity contribution in [2.45, 2.75) is 38.5 Å². The van der Waals surface area contributed by atoms with Gasteiger partial charge in [-0.1, -0.05) is 61.5 Å². The molecule has 192 valence electrons. The van der Waals surface area contributed by atoms with E-state index in [0.717, 1.165) is 10.6 Å². The summed E-state index contributed by atoms with van der Waals surface area (Å²) in [5.41, 5.74) is 2.22. The fourth-order valence-electron chi connectivity index (χ4n) is 3.67. The zero-order chi connectivity index (χ0) is 26.1. The number of allylic oxidation sites excluding steroid dienone is 1. The average Bonchev–Trinajstić information content (AvgIpc) is 2.86. The highest BCUT2D eigenvalue weighted by atomic mass is 19.4. The van der Waals surface area contributed by atoms with Gasteiger partial charge in [-0.15, -0.1) is 13.2 Å². The highest BCUT2D eigenvalue weighted by Crippen LogP contribution is 2.26. The molecular weight excluding hydrogens is 475 g/mol. The molecule has 10 heteroatoms. The topological polar surface area (TPSA) is 74.6 Å². The van der Waals surface area contributed by atoms with Gasteiger partial charge in [0.1, 0.15) is 5.75 Å². The Morgan fingerprint density at radius 1 is 1.19 bits per heavy atom. The molecule has 2 aromatic carbocycles. The molecule has 1 heterocycles. The third-order valence-electron chi connectivity index (χ3n) is 5.45. The highest BCUT2D eigenvalue weighted by Gasteiger charge is 2.32. The van der Waals surface area contributed by atoms with Crippen LogP contribution in [0.4, 0.5) is 18.0 Å². The van der Waals surface area contributed by atoms with Crippen LogP contribution in [-0.2, 0) is 11.3 Å². The number of β-amino-alcohol motifs (C(OH)–C–C–N with tert-alkyl or cyclic N) is 1. The van der Waals surface area contributed by atoms with Crippen molar-refractivity contribution in [3.8, 4) is 5.75 Å². The van der Waals surface area contributed by atoms with Crippen LogP contribution in [0.3, 0.4) is 0 Å². The number of aliphatic hydroxyl groups is 1. The number of carbonyl (C=O) groups excluding carboxylic acids is 1. The van der Waals surface area contributed by atoms with Crippen LogP contribution in [-0.4, -0.2) is 59.4 Å². The number of amides is 2. The summed E-state index contributed by atoms with van der Waals surface area (Å²) >= 11 is 0. The minimum Gasteiger partial charge on any atom is -0.406 e. The third kappa shape index (κ3) is 7.69. The zero-order valence-corrected chi connectivity index (χ0v) is 19.8. The number of urea groups is 1. The minimum absolute atomic E-state index is 0.0412. The second kappa shape index (κ2) is 12.4. The van der Waals surface area contributed by atoms with Gasteiger partial charge in [0.05, 0.1) is 31.9 Å². The lowest BCUT2D eigenvalue weighted by Crippen LogP contribution is -2.51. The molecule has 2 amide bonds. The molecule has 0 spiro atoms. The summed E-state index contributed by atoms with van der Waals surface area (Å²) in [4.78, 5) is 14.8. The van der Waals surface area contributed by atoms with E-state index in [1.165, 1.54) is 35.4 Å². The van der Waals surface area contributed by atoms with E-state index in [1.807, 2.05) is 37.3 Å². The van der Waals surface area contributed by atoms with Gasteiger partial charge < -0.3 is 19.5 Å². The molecule has 1 aliphatic heterocycles. The van der Waals surface area contributed by atoms with Gasteiger partial charge in [0.25, 0.3) is 0 Å². The van der Waals surface area contributed by atoms with Gasteiger partial charge in [0, 0.05) is 12.9 Å². The molecular formula is C26H28F3N3O4. The Hall–Kier alpha value is -3.63. The third-order valence-corrected chi connectivity index (χ3v) is 5.45. The van der Waals surface area contributed by atoms with Crippen molar-refractivity contribution in [2.75, 3.05) is 13.2 Å². The number of aliphatic hydroxyl groups excluding tert-OH is 1. The maximum absolute atomic E-state index is 13.3. The minimum atomic E-state index is -4.78. The smallest absolute Gasteiger partial charge is 0.406 e. The van der Waals surface area contributed by atoms with Crippen LogP contribution in [0.5, 0.6) is 5.75 Å². The molecule has 2 atom stereocenters. The Labute approximate surface area is 207 Å². The average molecular weight is 504 g/mol. The summed E-state index contributed by atoms with van der Waals surface area (Å²) in [6.45, 7) is 5.94. The predicted molar refractivity (Wildman–Crippen MR) is 130 cm³/mol. The van der Waals surface area contributed by atoms with Crippen LogP contribution < -0.4 is 4.74 Å². The van der Waals surface area contributed by atoms with Crippen LogP contribution >= 0.6 is 0 Å². The number of rotatable bonds is 9. The SMILES string of the molecule is C=NN(/C=C(\CC)c1ccc(OC(F)(F)F)cc1)C(=O)N1C[C@H](O)C=C[C@@H]1COCc1ccccc1. The van der Waals surface area contributed by atoms with Crippen LogP contribution in [0, 0.1) is 0 Å². The first-order valence-electron chi connectivity index (χ1n) is 11.3. The molecule has 0 radical (unpaired) electrons. The Balaban J connectivity index is 1.73. The molecule has 0 aliphatic carbocycles. The van der Waals surface area contributed by atoms with Crippen molar-refractivity contribution in [1.29, 1.82) is 0 Å². The van der Waals surface area contributed by atoms with Crippen LogP contribution in [0.1, 0.15) is 24.5 Å². The van der Waals surface area contributed by atoms with Crippen molar-refractivity contribution >= 4 is 18.3 Å². The van der Waals surface area contributed by atoms with E-state index in [9.17, 15) is 23.1 Å². The predicted octanol–water partition coefficient (Wildman–Crippen LogP) is 5.19. The van der Waals surface area contributed by atoms with Crippen LogP contribution in [0.15, 0.2) is 78.1 Å². The maximum atomic E-state index is 13.3. The summed E-state index contributed by atoms with van der Waals surface area (Å²) in [6, 6.07) is 14.0. The molecule has 0 fully saturated rings. The van der Waals surface area contributed by atoms with Gasteiger partial charge in [-0.25, -0.2) is 4.79 Å². The number of halogens is 3. The first-order chi connectivity index (χ1) is 17.2. The fourth-order valence-corrected chi connectivity index (χ4v) is 3.67. The molecule has 7 nitrogen and oxygen atoms in total. The first-order valence-corrected chi connectivity index (χ1v) is 11.3. The van der Waals surface area contributed by atoms with Crippen molar-refractivity contribution in [3.63, 3.8) is 0 Å². The van der Waals surface area contributed by atoms with Gasteiger partial charge in [-0.2, -0.15) is 10.1 Å². The second-order valence-corrected chi connectivity index (χ2v) is 8.02. The number of alkyl halides is 3. The van der Waals surface area contributed by atoms with Gasteiger partial charge in [0.15, 0.2) is 0 Å². The normalized spacial score (nSPS) is 18.1. The molecule has 0 aromatic heterocycles. The molecule has 0 unspecified atom stereocenters. The van der Waals surface area contributed by atoms with Crippen LogP contribution in [0.25, 0.3) is 5.57 Å². The maximum Gasteiger partial charge on any atom is 0.573 e. The van der Waals surface area contributed by atoms with E-state index in [1.54, 1.807) is 12.2 Å². The quantitative estimate of drug-likeness (QED) is 0.290. The summed E-state index contributed by atoms with van der Waals surface area (Å²) in [7, 11) is 0. The number of benzene rings is 2. The first kappa shape index (κ1) is 27.0. The summed E-state index contributed by atoms with van der Waals surface area (Å²) in [5, 5.41) is 15.0. The standard InChI is InChI=1S/C26H28F3N3O4/c1-3-20(21-9-13-24(14-10-21)36-26(27,28)29)15-32(30-2)25(34)31-16-23(33)12-11-22(31)18-35-17-19-7-5-4-6-8-19/h4-15,22-23,33H,2-3,16-18H2,1H3/b20-15+/t22-,23-/m1/s1. The highest BCUT2D eigenvalue weighted by molar-refractivity contribution is 5.79. The number of hydrogen-bond donors (Lipinski definition) is 1. The van der Waals surface area contributed by atoms with Crippen molar-refractivity contribution in [1.82, 2.24) is 9.91 Å². The largest absolute Gasteiger partial charge is 0.573 e. The van der Waals surface area contributed by atoms with E-state index < -0.39 is 24.5 Å². The number of nitrogens with zero attached hydrogens (tertiary/aromatic N) is 3. The molecule has 0 saturated heterocycles. The number of hydrogen-bond acceptors (Lipinski definition) is 5. The van der Waals surface area contributed by atoms with Crippen molar-refractivity contribution in [2.24, 2.45) is 5.10 Å². The van der Waals surface area contributed by atoms with Gasteiger partial charge in [-0.05, 0) is 35.3 Å². The Kier molecular flexibility index (Phi) is 9.26. The molecule has 36 heavy (non-hydrogen) atoms. The molecule has 1 N–H and O–H groups in total. The summed E-state index contributed by atoms with van der Waals surface area (Å²) in [5.74, 6) is -0.344. The number of hydrazone groups is 1. The molecule has 0 bridgehead atoms.